The van der Waals surface area contributed by atoms with Crippen LogP contribution < -0.4 is 11.1 Å². The maximum atomic E-state index is 12.1. The molecule has 1 heterocycles. The van der Waals surface area contributed by atoms with Crippen molar-refractivity contribution in [3.63, 3.8) is 0 Å². The average molecular weight is 297 g/mol. The van der Waals surface area contributed by atoms with E-state index in [0.717, 1.165) is 38.3 Å². The molecule has 0 saturated carbocycles. The summed E-state index contributed by atoms with van der Waals surface area (Å²) in [7, 11) is 0. The van der Waals surface area contributed by atoms with Crippen molar-refractivity contribution in [1.82, 2.24) is 10.2 Å². The number of nitrogens with zero attached hydrogens (tertiary/aromatic N) is 1. The third-order valence-electron chi connectivity index (χ3n) is 4.59. The minimum Gasteiger partial charge on any atom is -0.353 e. The number of likely N-dealkylation sites (tertiary alicyclic amines) is 1. The van der Waals surface area contributed by atoms with Gasteiger partial charge in [0, 0.05) is 25.2 Å². The summed E-state index contributed by atoms with van der Waals surface area (Å²) in [6.45, 7) is 11.2. The van der Waals surface area contributed by atoms with E-state index < -0.39 is 0 Å². The van der Waals surface area contributed by atoms with Gasteiger partial charge in [0.2, 0.25) is 5.91 Å². The average Bonchev–Trinajstić information content (AvgIpc) is 2.40. The highest BCUT2D eigenvalue weighted by Crippen LogP contribution is 2.18. The Kier molecular flexibility index (Phi) is 8.27. The van der Waals surface area contributed by atoms with Gasteiger partial charge in [0.1, 0.15) is 0 Å². The van der Waals surface area contributed by atoms with E-state index in [4.69, 9.17) is 5.73 Å². The zero-order valence-corrected chi connectivity index (χ0v) is 14.4. The number of carbonyl (C=O) groups is 1. The minimum absolute atomic E-state index is 0.164. The molecular weight excluding hydrogens is 262 g/mol. The van der Waals surface area contributed by atoms with Crippen LogP contribution in [0.1, 0.15) is 59.8 Å². The van der Waals surface area contributed by atoms with Gasteiger partial charge in [0.05, 0.1) is 6.54 Å². The maximum Gasteiger partial charge on any atom is 0.234 e. The van der Waals surface area contributed by atoms with Gasteiger partial charge >= 0.3 is 0 Å². The lowest BCUT2D eigenvalue weighted by atomic mass is 9.91. The monoisotopic (exact) mass is 297 g/mol. The van der Waals surface area contributed by atoms with Crippen LogP contribution >= 0.6 is 0 Å². The number of hydrogen-bond acceptors (Lipinski definition) is 3. The van der Waals surface area contributed by atoms with E-state index in [0.29, 0.717) is 18.5 Å². The molecule has 1 fully saturated rings. The van der Waals surface area contributed by atoms with Crippen LogP contribution in [0.4, 0.5) is 0 Å². The number of piperidine rings is 1. The minimum atomic E-state index is 0.164. The molecule has 3 atom stereocenters. The molecule has 4 heteroatoms. The molecule has 1 aliphatic heterocycles. The van der Waals surface area contributed by atoms with Crippen LogP contribution in [-0.4, -0.2) is 42.5 Å². The summed E-state index contributed by atoms with van der Waals surface area (Å²) in [6, 6.07) is 0.592. The van der Waals surface area contributed by atoms with Crippen molar-refractivity contribution in [1.29, 1.82) is 0 Å². The number of amides is 1. The second-order valence-corrected chi connectivity index (χ2v) is 7.15. The Morgan fingerprint density at radius 3 is 2.67 bits per heavy atom. The van der Waals surface area contributed by atoms with Crippen molar-refractivity contribution in [3.8, 4) is 0 Å². The zero-order valence-electron chi connectivity index (χ0n) is 14.4. The molecule has 0 aromatic carbocycles. The topological polar surface area (TPSA) is 58.4 Å². The van der Waals surface area contributed by atoms with Crippen LogP contribution in [0.25, 0.3) is 0 Å². The Balaban J connectivity index is 2.23. The lowest BCUT2D eigenvalue weighted by molar-refractivity contribution is -0.123. The maximum absolute atomic E-state index is 12.1. The van der Waals surface area contributed by atoms with Gasteiger partial charge in [-0.05, 0) is 31.6 Å². The van der Waals surface area contributed by atoms with Crippen LogP contribution in [0.2, 0.25) is 0 Å². The molecule has 0 aromatic rings. The van der Waals surface area contributed by atoms with E-state index >= 15 is 0 Å². The first-order chi connectivity index (χ1) is 9.92. The summed E-state index contributed by atoms with van der Waals surface area (Å²) in [4.78, 5) is 14.4. The third kappa shape index (κ3) is 7.28. The highest BCUT2D eigenvalue weighted by molar-refractivity contribution is 5.78. The Morgan fingerprint density at radius 2 is 2.05 bits per heavy atom. The molecule has 0 aliphatic carbocycles. The Bertz CT molecular complexity index is 306. The number of nitrogens with two attached hydrogens (primary N) is 1. The first-order valence-corrected chi connectivity index (χ1v) is 8.69. The number of nitrogens with one attached hydrogen (secondary N) is 1. The normalized spacial score (nSPS) is 25.0. The predicted molar refractivity (Wildman–Crippen MR) is 89.1 cm³/mol. The SMILES string of the molecule is CCC1CN(CC(=O)NC(C)CCCC(C)C)CCC1N. The van der Waals surface area contributed by atoms with Crippen LogP contribution in [0.5, 0.6) is 0 Å². The lowest BCUT2D eigenvalue weighted by Gasteiger charge is -2.36. The van der Waals surface area contributed by atoms with Crippen molar-refractivity contribution in [2.24, 2.45) is 17.6 Å². The van der Waals surface area contributed by atoms with Crippen molar-refractivity contribution < 1.29 is 4.79 Å². The van der Waals surface area contributed by atoms with Crippen molar-refractivity contribution in [3.05, 3.63) is 0 Å². The van der Waals surface area contributed by atoms with E-state index in [1.165, 1.54) is 12.8 Å². The summed E-state index contributed by atoms with van der Waals surface area (Å²) in [5.41, 5.74) is 6.12. The second-order valence-electron chi connectivity index (χ2n) is 7.15. The van der Waals surface area contributed by atoms with Crippen LogP contribution in [0, 0.1) is 11.8 Å². The fraction of sp³-hybridized carbons (Fsp3) is 0.941. The van der Waals surface area contributed by atoms with Crippen LogP contribution in [-0.2, 0) is 4.79 Å². The quantitative estimate of drug-likeness (QED) is 0.723. The molecule has 0 spiro atoms. The molecule has 3 unspecified atom stereocenters. The molecule has 1 amide bonds. The molecule has 3 N–H and O–H groups in total. The number of carbonyl (C=O) groups excluding carboxylic acids is 1. The Labute approximate surface area is 130 Å². The van der Waals surface area contributed by atoms with E-state index in [2.05, 4.69) is 37.9 Å². The molecule has 0 bridgehead atoms. The summed E-state index contributed by atoms with van der Waals surface area (Å²) >= 11 is 0. The van der Waals surface area contributed by atoms with Crippen molar-refractivity contribution in [2.75, 3.05) is 19.6 Å². The van der Waals surface area contributed by atoms with Gasteiger partial charge in [-0.3, -0.25) is 9.69 Å². The first kappa shape index (κ1) is 18.4. The zero-order chi connectivity index (χ0) is 15.8. The molecular formula is C17H35N3O. The number of rotatable bonds is 8. The van der Waals surface area contributed by atoms with Gasteiger partial charge in [-0.1, -0.05) is 40.0 Å². The molecule has 4 nitrogen and oxygen atoms in total. The third-order valence-corrected chi connectivity index (χ3v) is 4.59. The summed E-state index contributed by atoms with van der Waals surface area (Å²) in [6.07, 6.45) is 5.62. The first-order valence-electron chi connectivity index (χ1n) is 8.69. The van der Waals surface area contributed by atoms with Gasteiger partial charge in [0.15, 0.2) is 0 Å². The molecule has 21 heavy (non-hydrogen) atoms. The summed E-state index contributed by atoms with van der Waals surface area (Å²) in [5.74, 6) is 1.45. The Morgan fingerprint density at radius 1 is 1.33 bits per heavy atom. The fourth-order valence-electron chi connectivity index (χ4n) is 3.13. The second kappa shape index (κ2) is 9.42. The molecule has 1 aliphatic rings. The van der Waals surface area contributed by atoms with E-state index in [1.807, 2.05) is 0 Å². The summed E-state index contributed by atoms with van der Waals surface area (Å²) < 4.78 is 0. The van der Waals surface area contributed by atoms with Gasteiger partial charge < -0.3 is 11.1 Å². The summed E-state index contributed by atoms with van der Waals surface area (Å²) in [5, 5.41) is 3.13. The fourth-order valence-corrected chi connectivity index (χ4v) is 3.13. The van der Waals surface area contributed by atoms with Crippen molar-refractivity contribution in [2.45, 2.75) is 71.9 Å². The number of hydrogen-bond donors (Lipinski definition) is 2. The van der Waals surface area contributed by atoms with E-state index in [9.17, 15) is 4.79 Å². The van der Waals surface area contributed by atoms with Gasteiger partial charge in [-0.2, -0.15) is 0 Å². The highest BCUT2D eigenvalue weighted by Gasteiger charge is 2.26. The molecule has 1 rings (SSSR count). The van der Waals surface area contributed by atoms with Crippen molar-refractivity contribution >= 4 is 5.91 Å². The Hall–Kier alpha value is -0.610. The van der Waals surface area contributed by atoms with Crippen LogP contribution in [0.15, 0.2) is 0 Å². The molecule has 0 radical (unpaired) electrons. The lowest BCUT2D eigenvalue weighted by Crippen LogP contribution is -2.50. The predicted octanol–water partition coefficient (Wildman–Crippen LogP) is 2.38. The van der Waals surface area contributed by atoms with Crippen LogP contribution in [0.3, 0.4) is 0 Å². The largest absolute Gasteiger partial charge is 0.353 e. The highest BCUT2D eigenvalue weighted by atomic mass is 16.2. The van der Waals surface area contributed by atoms with E-state index in [-0.39, 0.29) is 11.9 Å². The molecule has 124 valence electrons. The van der Waals surface area contributed by atoms with Gasteiger partial charge in [0.25, 0.3) is 0 Å². The standard InChI is InChI=1S/C17H35N3O/c1-5-15-11-20(10-9-16(15)18)12-17(21)19-14(4)8-6-7-13(2)3/h13-16H,5-12,18H2,1-4H3,(H,19,21). The van der Waals surface area contributed by atoms with Gasteiger partial charge in [-0.25, -0.2) is 0 Å². The van der Waals surface area contributed by atoms with Gasteiger partial charge in [-0.15, -0.1) is 0 Å². The smallest absolute Gasteiger partial charge is 0.234 e. The molecule has 1 saturated heterocycles. The molecule has 0 aromatic heterocycles. The van der Waals surface area contributed by atoms with E-state index in [1.54, 1.807) is 0 Å².